The molecule has 1 aromatic heterocycles. The zero-order chi connectivity index (χ0) is 15.1. The molecule has 1 fully saturated rings. The molecule has 0 unspecified atom stereocenters. The molecular formula is C14H26N4O2S. The van der Waals surface area contributed by atoms with Gasteiger partial charge in [0.05, 0.1) is 6.20 Å². The summed E-state index contributed by atoms with van der Waals surface area (Å²) in [7, 11) is -3.42. The third kappa shape index (κ3) is 5.09. The Bertz CT molecular complexity index is 521. The highest BCUT2D eigenvalue weighted by Crippen LogP contribution is 2.28. The van der Waals surface area contributed by atoms with Gasteiger partial charge in [-0.2, -0.15) is 5.10 Å². The van der Waals surface area contributed by atoms with Crippen LogP contribution in [0.4, 0.5) is 0 Å². The highest BCUT2D eigenvalue weighted by molar-refractivity contribution is 7.89. The Morgan fingerprint density at radius 3 is 2.81 bits per heavy atom. The fourth-order valence-electron chi connectivity index (χ4n) is 2.84. The molecule has 0 bridgehead atoms. The van der Waals surface area contributed by atoms with E-state index in [1.165, 1.54) is 31.9 Å². The summed E-state index contributed by atoms with van der Waals surface area (Å²) in [5.74, 6) is 0.800. The van der Waals surface area contributed by atoms with Crippen LogP contribution in [0.2, 0.25) is 0 Å². The maximum Gasteiger partial charge on any atom is 0.243 e. The number of aromatic nitrogens is 2. The van der Waals surface area contributed by atoms with E-state index in [0.717, 1.165) is 25.2 Å². The maximum atomic E-state index is 12.1. The molecule has 1 heterocycles. The molecule has 1 aromatic rings. The van der Waals surface area contributed by atoms with Gasteiger partial charge in [0.25, 0.3) is 0 Å². The molecule has 7 heteroatoms. The van der Waals surface area contributed by atoms with E-state index in [-0.39, 0.29) is 4.90 Å². The second kappa shape index (κ2) is 7.91. The van der Waals surface area contributed by atoms with Crippen LogP contribution in [-0.4, -0.2) is 31.3 Å². The Balaban J connectivity index is 1.76. The highest BCUT2D eigenvalue weighted by Gasteiger charge is 2.17. The van der Waals surface area contributed by atoms with E-state index in [4.69, 9.17) is 5.73 Å². The van der Waals surface area contributed by atoms with Crippen LogP contribution in [0.3, 0.4) is 0 Å². The van der Waals surface area contributed by atoms with Gasteiger partial charge in [-0.25, -0.2) is 13.1 Å². The van der Waals surface area contributed by atoms with Gasteiger partial charge in [0.1, 0.15) is 4.90 Å². The molecule has 21 heavy (non-hydrogen) atoms. The first-order valence-electron chi connectivity index (χ1n) is 7.84. The van der Waals surface area contributed by atoms with E-state index < -0.39 is 10.0 Å². The molecule has 6 nitrogen and oxygen atoms in total. The van der Waals surface area contributed by atoms with E-state index in [9.17, 15) is 8.42 Å². The van der Waals surface area contributed by atoms with Gasteiger partial charge >= 0.3 is 0 Å². The van der Waals surface area contributed by atoms with Gasteiger partial charge in [0.15, 0.2) is 0 Å². The van der Waals surface area contributed by atoms with E-state index >= 15 is 0 Å². The van der Waals surface area contributed by atoms with Crippen LogP contribution in [0.15, 0.2) is 17.3 Å². The van der Waals surface area contributed by atoms with E-state index in [1.54, 1.807) is 10.9 Å². The molecule has 0 amide bonds. The minimum atomic E-state index is -3.42. The van der Waals surface area contributed by atoms with Gasteiger partial charge in [0, 0.05) is 19.3 Å². The van der Waals surface area contributed by atoms with E-state index in [2.05, 4.69) is 9.82 Å². The predicted molar refractivity (Wildman–Crippen MR) is 82.3 cm³/mol. The normalized spacial score (nSPS) is 16.6. The SMILES string of the molecule is NCCCn1cc(S(=O)(=O)NCCCC2CCCC2)cn1. The first-order valence-corrected chi connectivity index (χ1v) is 9.32. The summed E-state index contributed by atoms with van der Waals surface area (Å²) in [4.78, 5) is 0.236. The van der Waals surface area contributed by atoms with E-state index in [1.807, 2.05) is 0 Å². The minimum absolute atomic E-state index is 0.236. The van der Waals surface area contributed by atoms with Crippen molar-refractivity contribution in [2.75, 3.05) is 13.1 Å². The van der Waals surface area contributed by atoms with Crippen molar-refractivity contribution in [3.05, 3.63) is 12.4 Å². The summed E-state index contributed by atoms with van der Waals surface area (Å²) < 4.78 is 28.5. The zero-order valence-electron chi connectivity index (χ0n) is 12.5. The van der Waals surface area contributed by atoms with Gasteiger partial charge in [-0.15, -0.1) is 0 Å². The standard InChI is InChI=1S/C14H26N4O2S/c15-8-4-10-18-12-14(11-16-18)21(19,20)17-9-3-7-13-5-1-2-6-13/h11-13,17H,1-10,15H2. The first kappa shape index (κ1) is 16.5. The Kier molecular flexibility index (Phi) is 6.20. The number of nitrogens with one attached hydrogen (secondary N) is 1. The number of nitrogens with two attached hydrogens (primary N) is 1. The third-order valence-electron chi connectivity index (χ3n) is 4.07. The smallest absolute Gasteiger partial charge is 0.243 e. The Morgan fingerprint density at radius 1 is 1.33 bits per heavy atom. The second-order valence-corrected chi connectivity index (χ2v) is 7.54. The number of hydrogen-bond donors (Lipinski definition) is 2. The number of sulfonamides is 1. The minimum Gasteiger partial charge on any atom is -0.330 e. The van der Waals surface area contributed by atoms with Crippen LogP contribution >= 0.6 is 0 Å². The lowest BCUT2D eigenvalue weighted by Crippen LogP contribution is -2.24. The van der Waals surface area contributed by atoms with Gasteiger partial charge in [0.2, 0.25) is 10.0 Å². The van der Waals surface area contributed by atoms with Crippen molar-refractivity contribution >= 4 is 10.0 Å². The van der Waals surface area contributed by atoms with Gasteiger partial charge in [-0.05, 0) is 31.7 Å². The van der Waals surface area contributed by atoms with Crippen molar-refractivity contribution in [1.82, 2.24) is 14.5 Å². The fourth-order valence-corrected chi connectivity index (χ4v) is 3.86. The number of aryl methyl sites for hydroxylation is 1. The summed E-state index contributed by atoms with van der Waals surface area (Å²) >= 11 is 0. The topological polar surface area (TPSA) is 90.0 Å². The second-order valence-electron chi connectivity index (χ2n) is 5.77. The lowest BCUT2D eigenvalue weighted by Gasteiger charge is -2.09. The molecule has 0 saturated heterocycles. The lowest BCUT2D eigenvalue weighted by atomic mass is 10.0. The summed E-state index contributed by atoms with van der Waals surface area (Å²) in [5.41, 5.74) is 5.43. The van der Waals surface area contributed by atoms with Gasteiger partial charge in [-0.3, -0.25) is 4.68 Å². The molecule has 1 aliphatic rings. The monoisotopic (exact) mass is 314 g/mol. The molecule has 0 aromatic carbocycles. The van der Waals surface area contributed by atoms with Crippen molar-refractivity contribution in [3.63, 3.8) is 0 Å². The molecule has 120 valence electrons. The molecule has 3 N–H and O–H groups in total. The van der Waals surface area contributed by atoms with Crippen molar-refractivity contribution in [3.8, 4) is 0 Å². The van der Waals surface area contributed by atoms with Crippen LogP contribution in [-0.2, 0) is 16.6 Å². The third-order valence-corrected chi connectivity index (χ3v) is 5.48. The highest BCUT2D eigenvalue weighted by atomic mass is 32.2. The number of rotatable bonds is 9. The summed E-state index contributed by atoms with van der Waals surface area (Å²) in [6.45, 7) is 1.72. The van der Waals surface area contributed by atoms with Crippen LogP contribution in [0.25, 0.3) is 0 Å². The molecule has 1 aliphatic carbocycles. The van der Waals surface area contributed by atoms with Crippen LogP contribution in [0.1, 0.15) is 44.9 Å². The van der Waals surface area contributed by atoms with Gasteiger partial charge < -0.3 is 5.73 Å². The maximum absolute atomic E-state index is 12.1. The molecule has 0 radical (unpaired) electrons. The van der Waals surface area contributed by atoms with Gasteiger partial charge in [-0.1, -0.05) is 25.7 Å². The van der Waals surface area contributed by atoms with Crippen LogP contribution in [0, 0.1) is 5.92 Å². The van der Waals surface area contributed by atoms with Crippen molar-refractivity contribution in [2.24, 2.45) is 11.7 Å². The van der Waals surface area contributed by atoms with E-state index in [0.29, 0.717) is 19.6 Å². The zero-order valence-corrected chi connectivity index (χ0v) is 13.3. The average molecular weight is 314 g/mol. The largest absolute Gasteiger partial charge is 0.330 e. The molecule has 2 rings (SSSR count). The van der Waals surface area contributed by atoms with Crippen molar-refractivity contribution < 1.29 is 8.42 Å². The fraction of sp³-hybridized carbons (Fsp3) is 0.786. The molecule has 0 aliphatic heterocycles. The average Bonchev–Trinajstić information content (AvgIpc) is 3.13. The quantitative estimate of drug-likeness (QED) is 0.676. The lowest BCUT2D eigenvalue weighted by molar-refractivity contribution is 0.480. The van der Waals surface area contributed by atoms with Crippen LogP contribution < -0.4 is 10.5 Å². The molecule has 1 saturated carbocycles. The molecule has 0 spiro atoms. The summed E-state index contributed by atoms with van der Waals surface area (Å²) in [6.07, 6.45) is 11.1. The summed E-state index contributed by atoms with van der Waals surface area (Å²) in [5, 5.41) is 4.05. The van der Waals surface area contributed by atoms with Crippen molar-refractivity contribution in [1.29, 1.82) is 0 Å². The predicted octanol–water partition coefficient (Wildman–Crippen LogP) is 1.48. The Morgan fingerprint density at radius 2 is 2.10 bits per heavy atom. The number of nitrogens with zero attached hydrogens (tertiary/aromatic N) is 2. The molecule has 0 atom stereocenters. The van der Waals surface area contributed by atoms with Crippen molar-refractivity contribution in [2.45, 2.75) is 56.4 Å². The van der Waals surface area contributed by atoms with Crippen LogP contribution in [0.5, 0.6) is 0 Å². The summed E-state index contributed by atoms with van der Waals surface area (Å²) in [6, 6.07) is 0. The first-order chi connectivity index (χ1) is 10.1. The number of hydrogen-bond acceptors (Lipinski definition) is 4. The Labute approximate surface area is 127 Å². The Hall–Kier alpha value is -0.920. The molecular weight excluding hydrogens is 288 g/mol.